The minimum atomic E-state index is -0.668. The molecular weight excluding hydrogens is 362 g/mol. The second-order valence-corrected chi connectivity index (χ2v) is 5.95. The van der Waals surface area contributed by atoms with Crippen LogP contribution in [0.3, 0.4) is 0 Å². The van der Waals surface area contributed by atoms with Crippen LogP contribution in [-0.2, 0) is 6.42 Å². The molecule has 0 fully saturated rings. The van der Waals surface area contributed by atoms with Gasteiger partial charge in [0.25, 0.3) is 11.4 Å². The van der Waals surface area contributed by atoms with Crippen LogP contribution in [0.4, 0.5) is 22.7 Å². The third-order valence-electron chi connectivity index (χ3n) is 4.02. The lowest BCUT2D eigenvalue weighted by molar-refractivity contribution is -0.393. The number of hydrogen-bond acceptors (Lipinski definition) is 6. The van der Waals surface area contributed by atoms with Gasteiger partial charge in [0.05, 0.1) is 22.5 Å². The summed E-state index contributed by atoms with van der Waals surface area (Å²) in [5, 5.41) is 24.9. The van der Waals surface area contributed by atoms with Crippen molar-refractivity contribution < 1.29 is 14.6 Å². The van der Waals surface area contributed by atoms with Crippen LogP contribution < -0.4 is 10.1 Å². The topological polar surface area (TPSA) is 108 Å². The molecule has 0 aromatic heterocycles. The Bertz CT molecular complexity index is 975. The summed E-state index contributed by atoms with van der Waals surface area (Å²) < 4.78 is 5.71. The number of benzene rings is 3. The molecule has 0 bridgehead atoms. The predicted octanol–water partition coefficient (Wildman–Crippen LogP) is 4.87. The van der Waals surface area contributed by atoms with E-state index in [2.05, 4.69) is 5.32 Å². The van der Waals surface area contributed by atoms with Gasteiger partial charge in [-0.05, 0) is 35.9 Å². The Labute approximate surface area is 160 Å². The summed E-state index contributed by atoms with van der Waals surface area (Å²) in [6, 6.07) is 20.4. The predicted molar refractivity (Wildman–Crippen MR) is 105 cm³/mol. The maximum atomic E-state index is 11.2. The van der Waals surface area contributed by atoms with Crippen molar-refractivity contribution in [2.75, 3.05) is 11.9 Å². The normalized spacial score (nSPS) is 10.3. The van der Waals surface area contributed by atoms with E-state index in [-0.39, 0.29) is 17.1 Å². The van der Waals surface area contributed by atoms with Gasteiger partial charge in [-0.3, -0.25) is 20.2 Å². The second-order valence-electron chi connectivity index (χ2n) is 5.95. The van der Waals surface area contributed by atoms with Crippen molar-refractivity contribution in [3.63, 3.8) is 0 Å². The van der Waals surface area contributed by atoms with Crippen LogP contribution in [-0.4, -0.2) is 16.5 Å². The lowest BCUT2D eigenvalue weighted by atomic mass is 10.2. The molecule has 0 aliphatic rings. The van der Waals surface area contributed by atoms with Gasteiger partial charge in [0.1, 0.15) is 11.4 Å². The largest absolute Gasteiger partial charge is 0.493 e. The maximum absolute atomic E-state index is 11.2. The van der Waals surface area contributed by atoms with E-state index in [0.29, 0.717) is 18.0 Å². The smallest absolute Gasteiger partial charge is 0.299 e. The van der Waals surface area contributed by atoms with Crippen molar-refractivity contribution in [2.24, 2.45) is 0 Å². The maximum Gasteiger partial charge on any atom is 0.299 e. The van der Waals surface area contributed by atoms with Crippen LogP contribution >= 0.6 is 0 Å². The molecule has 0 saturated heterocycles. The number of nitro groups is 2. The number of hydrogen-bond donors (Lipinski definition) is 1. The summed E-state index contributed by atoms with van der Waals surface area (Å²) in [7, 11) is 0. The van der Waals surface area contributed by atoms with Crippen molar-refractivity contribution in [2.45, 2.75) is 6.42 Å². The van der Waals surface area contributed by atoms with E-state index in [4.69, 9.17) is 4.74 Å². The van der Waals surface area contributed by atoms with E-state index in [1.165, 1.54) is 17.7 Å². The van der Waals surface area contributed by atoms with Gasteiger partial charge < -0.3 is 10.1 Å². The van der Waals surface area contributed by atoms with Crippen LogP contribution in [0.15, 0.2) is 72.8 Å². The number of non-ortho nitro benzene ring substituents is 1. The zero-order chi connectivity index (χ0) is 19.9. The Kier molecular flexibility index (Phi) is 5.81. The van der Waals surface area contributed by atoms with Gasteiger partial charge in [-0.1, -0.05) is 30.3 Å². The van der Waals surface area contributed by atoms with Gasteiger partial charge in [-0.2, -0.15) is 0 Å². The first-order chi connectivity index (χ1) is 13.5. The summed E-state index contributed by atoms with van der Waals surface area (Å²) in [4.78, 5) is 20.7. The number of nitrogens with one attached hydrogen (secondary N) is 1. The molecule has 3 aromatic rings. The summed E-state index contributed by atoms with van der Waals surface area (Å²) in [6.45, 7) is 0.532. The zero-order valence-electron chi connectivity index (χ0n) is 14.8. The fourth-order valence-corrected chi connectivity index (χ4v) is 2.61. The number of nitro benzene ring substituents is 2. The van der Waals surface area contributed by atoms with Gasteiger partial charge in [0.2, 0.25) is 0 Å². The third kappa shape index (κ3) is 4.82. The van der Waals surface area contributed by atoms with Gasteiger partial charge in [0, 0.05) is 18.2 Å². The lowest BCUT2D eigenvalue weighted by Gasteiger charge is -2.09. The van der Waals surface area contributed by atoms with Crippen molar-refractivity contribution in [1.82, 2.24) is 0 Å². The molecule has 8 nitrogen and oxygen atoms in total. The van der Waals surface area contributed by atoms with E-state index in [0.717, 1.165) is 12.5 Å². The van der Waals surface area contributed by atoms with E-state index in [1.54, 1.807) is 24.3 Å². The second kappa shape index (κ2) is 8.63. The summed E-state index contributed by atoms with van der Waals surface area (Å²) in [6.07, 6.45) is 0.788. The first-order valence-corrected chi connectivity index (χ1v) is 8.49. The zero-order valence-corrected chi connectivity index (χ0v) is 14.8. The highest BCUT2D eigenvalue weighted by molar-refractivity contribution is 5.71. The Morgan fingerprint density at radius 1 is 0.857 bits per heavy atom. The van der Waals surface area contributed by atoms with Crippen molar-refractivity contribution in [3.05, 3.63) is 98.6 Å². The molecule has 0 aliphatic carbocycles. The van der Waals surface area contributed by atoms with Gasteiger partial charge >= 0.3 is 0 Å². The van der Waals surface area contributed by atoms with Gasteiger partial charge in [-0.15, -0.1) is 0 Å². The lowest BCUT2D eigenvalue weighted by Crippen LogP contribution is -2.01. The SMILES string of the molecule is O=[N+]([O-])c1ccc(Nc2ccc(OCCc3ccccc3)cc2)c([N+](=O)[O-])c1. The van der Waals surface area contributed by atoms with Gasteiger partial charge in [0.15, 0.2) is 0 Å². The molecule has 0 heterocycles. The average Bonchev–Trinajstić information content (AvgIpc) is 2.70. The Morgan fingerprint density at radius 2 is 1.57 bits per heavy atom. The number of anilines is 2. The molecule has 28 heavy (non-hydrogen) atoms. The molecule has 3 rings (SSSR count). The minimum absolute atomic E-state index is 0.174. The molecule has 142 valence electrons. The molecule has 0 saturated carbocycles. The Morgan fingerprint density at radius 3 is 2.21 bits per heavy atom. The summed E-state index contributed by atoms with van der Waals surface area (Å²) >= 11 is 0. The fraction of sp³-hybridized carbons (Fsp3) is 0.100. The van der Waals surface area contributed by atoms with Gasteiger partial charge in [-0.25, -0.2) is 0 Å². The van der Waals surface area contributed by atoms with E-state index < -0.39 is 9.85 Å². The van der Waals surface area contributed by atoms with Crippen LogP contribution in [0.1, 0.15) is 5.56 Å². The van der Waals surface area contributed by atoms with Crippen molar-refractivity contribution >= 4 is 22.7 Å². The van der Waals surface area contributed by atoms with Crippen LogP contribution in [0.2, 0.25) is 0 Å². The monoisotopic (exact) mass is 379 g/mol. The van der Waals surface area contributed by atoms with E-state index in [1.807, 2.05) is 30.3 Å². The highest BCUT2D eigenvalue weighted by Crippen LogP contribution is 2.31. The molecule has 0 unspecified atom stereocenters. The average molecular weight is 379 g/mol. The first-order valence-electron chi connectivity index (χ1n) is 8.49. The number of nitrogens with zero attached hydrogens (tertiary/aromatic N) is 2. The molecule has 0 atom stereocenters. The number of rotatable bonds is 8. The molecule has 8 heteroatoms. The highest BCUT2D eigenvalue weighted by atomic mass is 16.6. The van der Waals surface area contributed by atoms with Crippen molar-refractivity contribution in [3.8, 4) is 5.75 Å². The molecule has 3 aromatic carbocycles. The van der Waals surface area contributed by atoms with Crippen molar-refractivity contribution in [1.29, 1.82) is 0 Å². The molecule has 0 spiro atoms. The fourth-order valence-electron chi connectivity index (χ4n) is 2.61. The summed E-state index contributed by atoms with van der Waals surface area (Å²) in [5.74, 6) is 0.680. The van der Waals surface area contributed by atoms with E-state index in [9.17, 15) is 20.2 Å². The molecule has 1 N–H and O–H groups in total. The van der Waals surface area contributed by atoms with Crippen LogP contribution in [0, 0.1) is 20.2 Å². The molecule has 0 amide bonds. The molecular formula is C20H17N3O5. The highest BCUT2D eigenvalue weighted by Gasteiger charge is 2.19. The summed E-state index contributed by atoms with van der Waals surface area (Å²) in [5.41, 5.74) is 1.27. The van der Waals surface area contributed by atoms with Crippen LogP contribution in [0.25, 0.3) is 0 Å². The van der Waals surface area contributed by atoms with Crippen LogP contribution in [0.5, 0.6) is 5.75 Å². The quantitative estimate of drug-likeness (QED) is 0.442. The Hall–Kier alpha value is -3.94. The standard InChI is InChI=1S/C20H17N3O5/c24-22(25)17-8-11-19(20(14-17)23(26)27)21-16-6-9-18(10-7-16)28-13-12-15-4-2-1-3-5-15/h1-11,14,21H,12-13H2. The Balaban J connectivity index is 1.64. The molecule has 0 aliphatic heterocycles. The van der Waals surface area contributed by atoms with E-state index >= 15 is 0 Å². The third-order valence-corrected chi connectivity index (χ3v) is 4.02. The molecule has 0 radical (unpaired) electrons. The number of ether oxygens (including phenoxy) is 1. The minimum Gasteiger partial charge on any atom is -0.493 e. The first kappa shape index (κ1) is 18.8.